The van der Waals surface area contributed by atoms with Gasteiger partial charge in [0, 0.05) is 42.3 Å². The molecule has 0 unspecified atom stereocenters. The third kappa shape index (κ3) is 6.09. The zero-order valence-corrected chi connectivity index (χ0v) is 19.7. The van der Waals surface area contributed by atoms with Crippen LogP contribution in [-0.2, 0) is 9.53 Å². The van der Waals surface area contributed by atoms with E-state index in [1.54, 1.807) is 30.3 Å². The monoisotopic (exact) mass is 474 g/mol. The van der Waals surface area contributed by atoms with Crippen LogP contribution in [0.4, 0.5) is 9.18 Å². The number of carbonyl (C=O) groups excluding carboxylic acids is 2. The highest BCUT2D eigenvalue weighted by Crippen LogP contribution is 2.35. The van der Waals surface area contributed by atoms with Crippen molar-refractivity contribution in [2.75, 3.05) is 26.8 Å². The molecule has 0 bridgehead atoms. The Labute approximate surface area is 198 Å². The molecule has 0 spiro atoms. The Bertz CT molecular complexity index is 1030. The van der Waals surface area contributed by atoms with E-state index in [1.165, 1.54) is 23.1 Å². The molecule has 9 heteroatoms. The quantitative estimate of drug-likeness (QED) is 0.622. The number of amides is 3. The Morgan fingerprint density at radius 3 is 2.61 bits per heavy atom. The first-order chi connectivity index (χ1) is 15.8. The van der Waals surface area contributed by atoms with E-state index in [2.05, 4.69) is 10.4 Å². The van der Waals surface area contributed by atoms with Gasteiger partial charge in [-0.3, -0.25) is 4.79 Å². The minimum absolute atomic E-state index is 0.0968. The first kappa shape index (κ1) is 24.7. The molecule has 2 aromatic carbocycles. The molecule has 3 rings (SSSR count). The third-order valence-electron chi connectivity index (χ3n) is 5.21. The van der Waals surface area contributed by atoms with Gasteiger partial charge in [0.15, 0.2) is 0 Å². The number of ether oxygens (including phenoxy) is 1. The van der Waals surface area contributed by atoms with Gasteiger partial charge in [-0.25, -0.2) is 14.2 Å². The zero-order chi connectivity index (χ0) is 24.0. The summed E-state index contributed by atoms with van der Waals surface area (Å²) in [7, 11) is 1.52. The van der Waals surface area contributed by atoms with Crippen LogP contribution in [0.25, 0.3) is 0 Å². The number of nitrogens with one attached hydrogen (secondary N) is 1. The molecular weight excluding hydrogens is 447 g/mol. The summed E-state index contributed by atoms with van der Waals surface area (Å²) in [6.07, 6.45) is 0.298. The molecule has 7 nitrogen and oxygen atoms in total. The lowest BCUT2D eigenvalue weighted by Crippen LogP contribution is -2.48. The van der Waals surface area contributed by atoms with Crippen molar-refractivity contribution in [3.05, 3.63) is 70.5 Å². The molecule has 0 aromatic heterocycles. The van der Waals surface area contributed by atoms with Crippen LogP contribution >= 0.6 is 11.6 Å². The summed E-state index contributed by atoms with van der Waals surface area (Å²) >= 11 is 6.35. The Hall–Kier alpha value is -2.97. The predicted molar refractivity (Wildman–Crippen MR) is 126 cm³/mol. The highest BCUT2D eigenvalue weighted by atomic mass is 35.5. The number of nitrogens with zero attached hydrogens (tertiary/aromatic N) is 3. The second-order valence-corrected chi connectivity index (χ2v) is 8.43. The molecule has 33 heavy (non-hydrogen) atoms. The fourth-order valence-corrected chi connectivity index (χ4v) is 3.86. The Morgan fingerprint density at radius 2 is 1.94 bits per heavy atom. The van der Waals surface area contributed by atoms with Crippen LogP contribution in [0.2, 0.25) is 5.02 Å². The summed E-state index contributed by atoms with van der Waals surface area (Å²) in [5, 5.41) is 9.08. The number of halogens is 2. The van der Waals surface area contributed by atoms with Crippen molar-refractivity contribution in [3.8, 4) is 0 Å². The molecule has 1 N–H and O–H groups in total. The van der Waals surface area contributed by atoms with E-state index < -0.39 is 17.8 Å². The second-order valence-electron chi connectivity index (χ2n) is 8.02. The van der Waals surface area contributed by atoms with E-state index in [9.17, 15) is 14.0 Å². The van der Waals surface area contributed by atoms with Gasteiger partial charge in [-0.2, -0.15) is 5.10 Å². The smallest absolute Gasteiger partial charge is 0.318 e. The van der Waals surface area contributed by atoms with Gasteiger partial charge < -0.3 is 15.0 Å². The van der Waals surface area contributed by atoms with Crippen molar-refractivity contribution < 1.29 is 18.7 Å². The molecule has 1 aliphatic heterocycles. The fourth-order valence-electron chi connectivity index (χ4n) is 3.61. The van der Waals surface area contributed by atoms with Crippen LogP contribution in [0.1, 0.15) is 37.4 Å². The highest BCUT2D eigenvalue weighted by molar-refractivity contribution is 6.34. The molecule has 0 radical (unpaired) electrons. The molecule has 1 atom stereocenters. The zero-order valence-electron chi connectivity index (χ0n) is 18.9. The molecule has 176 valence electrons. The largest absolute Gasteiger partial charge is 0.383 e. The van der Waals surface area contributed by atoms with E-state index in [4.69, 9.17) is 16.3 Å². The van der Waals surface area contributed by atoms with Gasteiger partial charge in [0.25, 0.3) is 5.91 Å². The van der Waals surface area contributed by atoms with Crippen molar-refractivity contribution in [3.63, 3.8) is 0 Å². The molecule has 0 aliphatic carbocycles. The molecule has 1 heterocycles. The lowest BCUT2D eigenvalue weighted by atomic mass is 9.98. The van der Waals surface area contributed by atoms with Gasteiger partial charge in [0.05, 0.1) is 18.4 Å². The minimum Gasteiger partial charge on any atom is -0.383 e. The van der Waals surface area contributed by atoms with Crippen LogP contribution in [-0.4, -0.2) is 60.4 Å². The molecule has 1 aliphatic rings. The van der Waals surface area contributed by atoms with E-state index in [0.717, 1.165) is 0 Å². The number of benzene rings is 2. The maximum absolute atomic E-state index is 14.7. The van der Waals surface area contributed by atoms with Crippen molar-refractivity contribution in [1.82, 2.24) is 15.2 Å². The minimum atomic E-state index is -0.651. The van der Waals surface area contributed by atoms with E-state index in [0.29, 0.717) is 28.3 Å². The number of urea groups is 1. The first-order valence-electron chi connectivity index (χ1n) is 10.7. The number of methoxy groups -OCH3 is 1. The molecule has 0 saturated heterocycles. The van der Waals surface area contributed by atoms with Crippen LogP contribution in [0, 0.1) is 5.82 Å². The number of rotatable bonds is 8. The van der Waals surface area contributed by atoms with Crippen LogP contribution in [0.15, 0.2) is 53.6 Å². The summed E-state index contributed by atoms with van der Waals surface area (Å²) in [5.41, 5.74) is 1.62. The fraction of sp³-hybridized carbons (Fsp3) is 0.375. The van der Waals surface area contributed by atoms with Crippen LogP contribution in [0.5, 0.6) is 0 Å². The standard InChI is InChI=1S/C24H28ClFN4O3/c1-16(2)27-24(32)29(12-13-33-3)15-23(31)30-22(18-9-5-7-11-20(18)26)14-21(28-30)17-8-4-6-10-19(17)25/h4-11,16,22H,12-15H2,1-3H3,(H,27,32)/t22-/m0/s1. The highest BCUT2D eigenvalue weighted by Gasteiger charge is 2.36. The lowest BCUT2D eigenvalue weighted by Gasteiger charge is -2.27. The molecule has 2 aromatic rings. The normalized spacial score (nSPS) is 15.5. The van der Waals surface area contributed by atoms with Gasteiger partial charge in [-0.1, -0.05) is 48.0 Å². The van der Waals surface area contributed by atoms with E-state index in [1.807, 2.05) is 26.0 Å². The van der Waals surface area contributed by atoms with Crippen LogP contribution in [0.3, 0.4) is 0 Å². The topological polar surface area (TPSA) is 74.2 Å². The van der Waals surface area contributed by atoms with Crippen LogP contribution < -0.4 is 5.32 Å². The molecule has 3 amide bonds. The number of carbonyl (C=O) groups is 2. The summed E-state index contributed by atoms with van der Waals surface area (Å²) in [6.45, 7) is 3.93. The van der Waals surface area contributed by atoms with Crippen molar-refractivity contribution in [2.45, 2.75) is 32.4 Å². The molecule has 0 saturated carbocycles. The number of hydrogen-bond acceptors (Lipinski definition) is 4. The van der Waals surface area contributed by atoms with Gasteiger partial charge in [0.2, 0.25) is 0 Å². The number of hydrogen-bond donors (Lipinski definition) is 1. The average molecular weight is 475 g/mol. The summed E-state index contributed by atoms with van der Waals surface area (Å²) in [4.78, 5) is 27.4. The van der Waals surface area contributed by atoms with Crippen molar-refractivity contribution in [2.24, 2.45) is 5.10 Å². The summed E-state index contributed by atoms with van der Waals surface area (Å²) < 4.78 is 19.8. The molecule has 0 fully saturated rings. The summed E-state index contributed by atoms with van der Waals surface area (Å²) in [5.74, 6) is -0.856. The first-order valence-corrected chi connectivity index (χ1v) is 11.1. The van der Waals surface area contributed by atoms with E-state index >= 15 is 0 Å². The van der Waals surface area contributed by atoms with E-state index in [-0.39, 0.29) is 31.8 Å². The Morgan fingerprint density at radius 1 is 1.24 bits per heavy atom. The number of hydrazone groups is 1. The summed E-state index contributed by atoms with van der Waals surface area (Å²) in [6, 6.07) is 12.4. The lowest BCUT2D eigenvalue weighted by molar-refractivity contribution is -0.133. The van der Waals surface area contributed by atoms with Gasteiger partial charge in [0.1, 0.15) is 12.4 Å². The molecular formula is C24H28ClFN4O3. The maximum Gasteiger partial charge on any atom is 0.318 e. The van der Waals surface area contributed by atoms with Crippen molar-refractivity contribution in [1.29, 1.82) is 0 Å². The van der Waals surface area contributed by atoms with Gasteiger partial charge >= 0.3 is 6.03 Å². The Balaban J connectivity index is 1.92. The third-order valence-corrected chi connectivity index (χ3v) is 5.54. The second kappa shape index (κ2) is 11.2. The SMILES string of the molecule is COCCN(CC(=O)N1N=C(c2ccccc2Cl)C[C@H]1c1ccccc1F)C(=O)NC(C)C. The average Bonchev–Trinajstić information content (AvgIpc) is 3.21. The van der Waals surface area contributed by atoms with Crippen molar-refractivity contribution >= 4 is 29.3 Å². The Kier molecular flexibility index (Phi) is 8.41. The predicted octanol–water partition coefficient (Wildman–Crippen LogP) is 4.22. The van der Waals surface area contributed by atoms with Gasteiger partial charge in [-0.15, -0.1) is 0 Å². The van der Waals surface area contributed by atoms with Gasteiger partial charge in [-0.05, 0) is 26.0 Å². The maximum atomic E-state index is 14.7.